The number of nitrogens with zero attached hydrogens (tertiary/aromatic N) is 1. The standard InChI is InChI=1S/C17H20F2N2O4/c1-16(18,19)10-7-25-11(21-10)6-20-14(22)12-8-2-3-9(13(12)15(23)24)17(8)4-5-17/h7-9,12-13H,2-6H2,1H3,(H,20,22)(H,23,24)/t8-,9+,12+,13+/m0/s1. The highest BCUT2D eigenvalue weighted by Crippen LogP contribution is 2.74. The number of carboxylic acids is 1. The molecule has 2 bridgehead atoms. The lowest BCUT2D eigenvalue weighted by Gasteiger charge is -2.26. The first-order valence-corrected chi connectivity index (χ1v) is 8.57. The van der Waals surface area contributed by atoms with Gasteiger partial charge in [-0.25, -0.2) is 4.98 Å². The molecule has 25 heavy (non-hydrogen) atoms. The number of amides is 1. The second kappa shape index (κ2) is 5.25. The quantitative estimate of drug-likeness (QED) is 0.848. The molecule has 1 aromatic heterocycles. The van der Waals surface area contributed by atoms with Crippen molar-refractivity contribution in [2.45, 2.75) is 45.1 Å². The Morgan fingerprint density at radius 3 is 2.52 bits per heavy atom. The van der Waals surface area contributed by atoms with Crippen LogP contribution in [-0.2, 0) is 22.1 Å². The largest absolute Gasteiger partial charge is 0.481 e. The van der Waals surface area contributed by atoms with Crippen LogP contribution in [0.3, 0.4) is 0 Å². The van der Waals surface area contributed by atoms with Crippen molar-refractivity contribution in [3.05, 3.63) is 17.8 Å². The maximum atomic E-state index is 13.2. The van der Waals surface area contributed by atoms with E-state index >= 15 is 0 Å². The zero-order valence-electron chi connectivity index (χ0n) is 13.8. The average Bonchev–Trinajstić information content (AvgIpc) is 2.93. The summed E-state index contributed by atoms with van der Waals surface area (Å²) in [5, 5.41) is 12.2. The molecule has 1 aromatic rings. The lowest BCUT2D eigenvalue weighted by Crippen LogP contribution is -2.41. The van der Waals surface area contributed by atoms with E-state index in [4.69, 9.17) is 4.42 Å². The number of carboxylic acid groups (broad SMARTS) is 1. The third-order valence-corrected chi connectivity index (χ3v) is 6.35. The van der Waals surface area contributed by atoms with Crippen LogP contribution < -0.4 is 5.32 Å². The Balaban J connectivity index is 1.46. The van der Waals surface area contributed by atoms with Gasteiger partial charge < -0.3 is 14.8 Å². The number of halogens is 2. The van der Waals surface area contributed by atoms with Crippen LogP contribution >= 0.6 is 0 Å². The number of hydrogen-bond donors (Lipinski definition) is 2. The summed E-state index contributed by atoms with van der Waals surface area (Å²) in [6.45, 7) is 0.594. The first-order chi connectivity index (χ1) is 11.7. The molecule has 0 aromatic carbocycles. The van der Waals surface area contributed by atoms with Crippen LogP contribution in [0.15, 0.2) is 10.7 Å². The molecule has 0 radical (unpaired) electrons. The highest BCUT2D eigenvalue weighted by Gasteiger charge is 2.71. The predicted octanol–water partition coefficient (Wildman–Crippen LogP) is 2.54. The first-order valence-electron chi connectivity index (χ1n) is 8.57. The van der Waals surface area contributed by atoms with Gasteiger partial charge in [-0.15, -0.1) is 0 Å². The highest BCUT2D eigenvalue weighted by molar-refractivity contribution is 5.86. The molecular formula is C17H20F2N2O4. The second-order valence-corrected chi connectivity index (χ2v) is 7.65. The Morgan fingerprint density at radius 1 is 1.36 bits per heavy atom. The third kappa shape index (κ3) is 2.45. The van der Waals surface area contributed by atoms with E-state index in [1.165, 1.54) is 0 Å². The van der Waals surface area contributed by atoms with E-state index in [9.17, 15) is 23.5 Å². The van der Waals surface area contributed by atoms with Crippen molar-refractivity contribution < 1.29 is 27.9 Å². The lowest BCUT2D eigenvalue weighted by atomic mass is 9.79. The number of rotatable bonds is 5. The summed E-state index contributed by atoms with van der Waals surface area (Å²) in [4.78, 5) is 28.0. The van der Waals surface area contributed by atoms with E-state index in [1.807, 2.05) is 0 Å². The highest BCUT2D eigenvalue weighted by atomic mass is 19.3. The van der Waals surface area contributed by atoms with E-state index in [2.05, 4.69) is 10.3 Å². The molecule has 0 unspecified atom stereocenters. The smallest absolute Gasteiger partial charge is 0.307 e. The van der Waals surface area contributed by atoms with Gasteiger partial charge in [0.1, 0.15) is 12.0 Å². The molecule has 3 aliphatic rings. The molecular weight excluding hydrogens is 334 g/mol. The summed E-state index contributed by atoms with van der Waals surface area (Å²) in [6.07, 6.45) is 4.64. The van der Waals surface area contributed by atoms with Gasteiger partial charge in [0, 0.05) is 6.92 Å². The van der Waals surface area contributed by atoms with Gasteiger partial charge in [-0.2, -0.15) is 8.78 Å². The monoisotopic (exact) mass is 354 g/mol. The number of hydrogen-bond acceptors (Lipinski definition) is 4. The zero-order valence-corrected chi connectivity index (χ0v) is 13.8. The summed E-state index contributed by atoms with van der Waals surface area (Å²) in [5.41, 5.74) is -0.442. The first kappa shape index (κ1) is 16.5. The molecule has 1 amide bonds. The van der Waals surface area contributed by atoms with Crippen LogP contribution in [0.2, 0.25) is 0 Å². The number of aromatic nitrogens is 1. The van der Waals surface area contributed by atoms with Crippen molar-refractivity contribution in [2.75, 3.05) is 0 Å². The van der Waals surface area contributed by atoms with Gasteiger partial charge in [0.25, 0.3) is 5.92 Å². The maximum Gasteiger partial charge on any atom is 0.307 e. The lowest BCUT2D eigenvalue weighted by molar-refractivity contribution is -0.149. The average molecular weight is 354 g/mol. The number of nitrogens with one attached hydrogen (secondary N) is 1. The third-order valence-electron chi connectivity index (χ3n) is 6.35. The van der Waals surface area contributed by atoms with Crippen LogP contribution in [-0.4, -0.2) is 22.0 Å². The van der Waals surface area contributed by atoms with E-state index < -0.39 is 29.4 Å². The number of carbonyl (C=O) groups is 2. The molecule has 3 aliphatic carbocycles. The summed E-state index contributed by atoms with van der Waals surface area (Å²) in [6, 6.07) is 0. The molecule has 4 rings (SSSR count). The molecule has 0 saturated heterocycles. The van der Waals surface area contributed by atoms with Crippen molar-refractivity contribution in [3.8, 4) is 0 Å². The Morgan fingerprint density at radius 2 is 2.00 bits per heavy atom. The van der Waals surface area contributed by atoms with Gasteiger partial charge in [-0.05, 0) is 42.9 Å². The second-order valence-electron chi connectivity index (χ2n) is 7.65. The van der Waals surface area contributed by atoms with E-state index in [-0.39, 0.29) is 35.6 Å². The van der Waals surface area contributed by atoms with E-state index in [1.54, 1.807) is 0 Å². The number of oxazole rings is 1. The van der Waals surface area contributed by atoms with Crippen LogP contribution in [0, 0.1) is 29.1 Å². The minimum atomic E-state index is -3.11. The topological polar surface area (TPSA) is 92.4 Å². The Kier molecular flexibility index (Phi) is 3.46. The van der Waals surface area contributed by atoms with Crippen molar-refractivity contribution in [1.29, 1.82) is 0 Å². The molecule has 136 valence electrons. The minimum Gasteiger partial charge on any atom is -0.481 e. The fourth-order valence-electron chi connectivity index (χ4n) is 5.22. The number of alkyl halides is 2. The molecule has 6 nitrogen and oxygen atoms in total. The molecule has 1 spiro atoms. The van der Waals surface area contributed by atoms with Gasteiger partial charge in [-0.3, -0.25) is 9.59 Å². The molecule has 4 atom stereocenters. The Bertz CT molecular complexity index is 722. The van der Waals surface area contributed by atoms with Crippen molar-refractivity contribution >= 4 is 11.9 Å². The molecule has 3 saturated carbocycles. The summed E-state index contributed by atoms with van der Waals surface area (Å²) >= 11 is 0. The van der Waals surface area contributed by atoms with Crippen molar-refractivity contribution in [1.82, 2.24) is 10.3 Å². The van der Waals surface area contributed by atoms with Crippen LogP contribution in [0.1, 0.15) is 44.2 Å². The zero-order chi connectivity index (χ0) is 18.0. The van der Waals surface area contributed by atoms with Gasteiger partial charge in [0.15, 0.2) is 0 Å². The molecule has 0 aliphatic heterocycles. The van der Waals surface area contributed by atoms with Crippen molar-refractivity contribution in [2.24, 2.45) is 29.1 Å². The Labute approximate surface area is 143 Å². The molecule has 1 heterocycles. The number of aliphatic carboxylic acids is 1. The van der Waals surface area contributed by atoms with Crippen LogP contribution in [0.5, 0.6) is 0 Å². The van der Waals surface area contributed by atoms with E-state index in [0.717, 1.165) is 38.9 Å². The van der Waals surface area contributed by atoms with Gasteiger partial charge in [0.2, 0.25) is 11.8 Å². The van der Waals surface area contributed by atoms with Gasteiger partial charge in [0.05, 0.1) is 18.4 Å². The van der Waals surface area contributed by atoms with Crippen molar-refractivity contribution in [3.63, 3.8) is 0 Å². The predicted molar refractivity (Wildman–Crippen MR) is 80.4 cm³/mol. The fraction of sp³-hybridized carbons (Fsp3) is 0.706. The molecule has 8 heteroatoms. The summed E-state index contributed by atoms with van der Waals surface area (Å²) in [5.74, 6) is -5.39. The SMILES string of the molecule is CC(F)(F)c1coc(CNC(=O)[C@H]2[C@H](C(=O)O)[C@H]3CC[C@@H]2C32CC2)n1. The molecule has 3 fully saturated rings. The number of carbonyl (C=O) groups excluding carboxylic acids is 1. The normalized spacial score (nSPS) is 32.1. The van der Waals surface area contributed by atoms with E-state index in [0.29, 0.717) is 0 Å². The summed E-state index contributed by atoms with van der Waals surface area (Å²) in [7, 11) is 0. The van der Waals surface area contributed by atoms with Gasteiger partial charge >= 0.3 is 5.97 Å². The van der Waals surface area contributed by atoms with Gasteiger partial charge in [-0.1, -0.05) is 0 Å². The Hall–Kier alpha value is -1.99. The van der Waals surface area contributed by atoms with Crippen LogP contribution in [0.25, 0.3) is 0 Å². The minimum absolute atomic E-state index is 0.0129. The fourth-order valence-corrected chi connectivity index (χ4v) is 5.22. The molecule has 2 N–H and O–H groups in total. The summed E-state index contributed by atoms with van der Waals surface area (Å²) < 4.78 is 31.3. The maximum absolute atomic E-state index is 13.2. The van der Waals surface area contributed by atoms with Crippen LogP contribution in [0.4, 0.5) is 8.78 Å².